The van der Waals surface area contributed by atoms with Gasteiger partial charge in [-0.25, -0.2) is 0 Å². The third-order valence-electron chi connectivity index (χ3n) is 3.33. The second-order valence-corrected chi connectivity index (χ2v) is 6.67. The van der Waals surface area contributed by atoms with Crippen molar-refractivity contribution in [1.82, 2.24) is 0 Å². The molecule has 2 nitrogen and oxygen atoms in total. The SMILES string of the molecule is CC(C)(c1ccc(O)cc1)c1cc(Br)c(O)c(Br)c1. The molecular formula is C15H14Br2O2. The van der Waals surface area contributed by atoms with E-state index in [1.807, 2.05) is 24.3 Å². The van der Waals surface area contributed by atoms with Gasteiger partial charge in [0.1, 0.15) is 11.5 Å². The van der Waals surface area contributed by atoms with E-state index in [4.69, 9.17) is 0 Å². The third-order valence-corrected chi connectivity index (χ3v) is 4.54. The second kappa shape index (κ2) is 5.17. The normalized spacial score (nSPS) is 11.6. The van der Waals surface area contributed by atoms with Crippen LogP contribution in [0.1, 0.15) is 25.0 Å². The van der Waals surface area contributed by atoms with Gasteiger partial charge in [-0.05, 0) is 67.3 Å². The van der Waals surface area contributed by atoms with Crippen LogP contribution in [0.4, 0.5) is 0 Å². The molecule has 0 saturated heterocycles. The van der Waals surface area contributed by atoms with E-state index in [-0.39, 0.29) is 16.9 Å². The molecule has 2 aromatic carbocycles. The largest absolute Gasteiger partial charge is 0.508 e. The van der Waals surface area contributed by atoms with Crippen LogP contribution in [0.5, 0.6) is 11.5 Å². The average Bonchev–Trinajstić information content (AvgIpc) is 2.35. The highest BCUT2D eigenvalue weighted by atomic mass is 79.9. The Bertz CT molecular complexity index is 581. The van der Waals surface area contributed by atoms with Crippen LogP contribution in [0.15, 0.2) is 45.3 Å². The molecule has 100 valence electrons. The number of phenolic OH excluding ortho intramolecular Hbond substituents is 2. The van der Waals surface area contributed by atoms with Gasteiger partial charge in [-0.3, -0.25) is 0 Å². The first-order chi connectivity index (χ1) is 8.82. The Kier molecular flexibility index (Phi) is 3.92. The van der Waals surface area contributed by atoms with Crippen molar-refractivity contribution in [1.29, 1.82) is 0 Å². The van der Waals surface area contributed by atoms with E-state index in [1.54, 1.807) is 12.1 Å². The molecular weight excluding hydrogens is 372 g/mol. The highest BCUT2D eigenvalue weighted by Crippen LogP contribution is 2.40. The highest BCUT2D eigenvalue weighted by molar-refractivity contribution is 9.11. The van der Waals surface area contributed by atoms with Crippen LogP contribution in [0.25, 0.3) is 0 Å². The smallest absolute Gasteiger partial charge is 0.143 e. The first kappa shape index (κ1) is 14.4. The second-order valence-electron chi connectivity index (χ2n) is 4.96. The van der Waals surface area contributed by atoms with Crippen LogP contribution in [0, 0.1) is 0 Å². The van der Waals surface area contributed by atoms with E-state index in [2.05, 4.69) is 45.7 Å². The summed E-state index contributed by atoms with van der Waals surface area (Å²) in [4.78, 5) is 0. The lowest BCUT2D eigenvalue weighted by molar-refractivity contribution is 0.467. The van der Waals surface area contributed by atoms with Crippen molar-refractivity contribution in [2.45, 2.75) is 19.3 Å². The molecule has 0 unspecified atom stereocenters. The Labute approximate surface area is 129 Å². The maximum Gasteiger partial charge on any atom is 0.143 e. The van der Waals surface area contributed by atoms with Gasteiger partial charge < -0.3 is 10.2 Å². The van der Waals surface area contributed by atoms with Crippen molar-refractivity contribution < 1.29 is 10.2 Å². The Morgan fingerprint density at radius 1 is 0.842 bits per heavy atom. The predicted molar refractivity (Wildman–Crippen MR) is 83.7 cm³/mol. The van der Waals surface area contributed by atoms with E-state index >= 15 is 0 Å². The van der Waals surface area contributed by atoms with E-state index in [1.165, 1.54) is 0 Å². The standard InChI is InChI=1S/C15H14Br2O2/c1-15(2,9-3-5-11(18)6-4-9)10-7-12(16)14(19)13(17)8-10/h3-8,18-19H,1-2H3. The fourth-order valence-corrected chi connectivity index (χ4v) is 3.16. The highest BCUT2D eigenvalue weighted by Gasteiger charge is 2.24. The summed E-state index contributed by atoms with van der Waals surface area (Å²) in [6, 6.07) is 11.0. The molecule has 2 N–H and O–H groups in total. The summed E-state index contributed by atoms with van der Waals surface area (Å²) in [5.74, 6) is 0.456. The zero-order chi connectivity index (χ0) is 14.2. The lowest BCUT2D eigenvalue weighted by atomic mass is 9.78. The first-order valence-electron chi connectivity index (χ1n) is 5.80. The summed E-state index contributed by atoms with van der Waals surface area (Å²) >= 11 is 6.71. The minimum atomic E-state index is -0.230. The van der Waals surface area contributed by atoms with E-state index in [0.717, 1.165) is 11.1 Å². The fourth-order valence-electron chi connectivity index (χ4n) is 1.97. The summed E-state index contributed by atoms with van der Waals surface area (Å²) in [7, 11) is 0. The zero-order valence-electron chi connectivity index (χ0n) is 10.6. The molecule has 0 aromatic heterocycles. The van der Waals surface area contributed by atoms with Gasteiger partial charge in [-0.1, -0.05) is 26.0 Å². The summed E-state index contributed by atoms with van der Waals surface area (Å²) < 4.78 is 1.31. The molecule has 4 heteroatoms. The van der Waals surface area contributed by atoms with Crippen LogP contribution in [0.2, 0.25) is 0 Å². The molecule has 2 rings (SSSR count). The minimum Gasteiger partial charge on any atom is -0.508 e. The molecule has 0 aliphatic heterocycles. The van der Waals surface area contributed by atoms with Gasteiger partial charge in [0.25, 0.3) is 0 Å². The monoisotopic (exact) mass is 384 g/mol. The van der Waals surface area contributed by atoms with Gasteiger partial charge in [-0.2, -0.15) is 0 Å². The Balaban J connectivity index is 2.52. The first-order valence-corrected chi connectivity index (χ1v) is 7.39. The molecule has 0 fully saturated rings. The van der Waals surface area contributed by atoms with Gasteiger partial charge in [0.05, 0.1) is 8.95 Å². The van der Waals surface area contributed by atoms with Gasteiger partial charge in [-0.15, -0.1) is 0 Å². The number of rotatable bonds is 2. The third kappa shape index (κ3) is 2.79. The number of aromatic hydroxyl groups is 2. The number of hydrogen-bond acceptors (Lipinski definition) is 2. The fraction of sp³-hybridized carbons (Fsp3) is 0.200. The van der Waals surface area contributed by atoms with Crippen molar-refractivity contribution in [3.63, 3.8) is 0 Å². The lowest BCUT2D eigenvalue weighted by Crippen LogP contribution is -2.18. The number of phenols is 2. The molecule has 19 heavy (non-hydrogen) atoms. The van der Waals surface area contributed by atoms with Crippen molar-refractivity contribution in [3.8, 4) is 11.5 Å². The van der Waals surface area contributed by atoms with Crippen LogP contribution < -0.4 is 0 Å². The van der Waals surface area contributed by atoms with E-state index in [0.29, 0.717) is 8.95 Å². The zero-order valence-corrected chi connectivity index (χ0v) is 13.8. The van der Waals surface area contributed by atoms with Gasteiger partial charge >= 0.3 is 0 Å². The quantitative estimate of drug-likeness (QED) is 0.767. The Morgan fingerprint density at radius 3 is 1.79 bits per heavy atom. The Morgan fingerprint density at radius 2 is 1.32 bits per heavy atom. The summed E-state index contributed by atoms with van der Waals surface area (Å²) in [6.45, 7) is 4.20. The van der Waals surface area contributed by atoms with Crippen LogP contribution in [-0.4, -0.2) is 10.2 Å². The van der Waals surface area contributed by atoms with Crippen molar-refractivity contribution in [2.75, 3.05) is 0 Å². The predicted octanol–water partition coefficient (Wildman–Crippen LogP) is 4.95. The maximum absolute atomic E-state index is 9.78. The molecule has 0 aliphatic rings. The molecule has 2 aromatic rings. The number of halogens is 2. The Hall–Kier alpha value is -1.000. The van der Waals surface area contributed by atoms with Crippen molar-refractivity contribution in [2.24, 2.45) is 0 Å². The van der Waals surface area contributed by atoms with E-state index in [9.17, 15) is 10.2 Å². The summed E-state index contributed by atoms with van der Waals surface area (Å²) in [6.07, 6.45) is 0. The number of hydrogen-bond donors (Lipinski definition) is 2. The summed E-state index contributed by atoms with van der Waals surface area (Å²) in [5, 5.41) is 19.1. The van der Waals surface area contributed by atoms with Crippen LogP contribution >= 0.6 is 31.9 Å². The summed E-state index contributed by atoms with van der Waals surface area (Å²) in [5.41, 5.74) is 1.93. The topological polar surface area (TPSA) is 40.5 Å². The van der Waals surface area contributed by atoms with E-state index < -0.39 is 0 Å². The van der Waals surface area contributed by atoms with Crippen LogP contribution in [0.3, 0.4) is 0 Å². The maximum atomic E-state index is 9.78. The van der Waals surface area contributed by atoms with Crippen molar-refractivity contribution in [3.05, 3.63) is 56.5 Å². The molecule has 0 radical (unpaired) electrons. The van der Waals surface area contributed by atoms with Gasteiger partial charge in [0.2, 0.25) is 0 Å². The molecule has 0 saturated carbocycles. The van der Waals surface area contributed by atoms with Gasteiger partial charge in [0, 0.05) is 5.41 Å². The average molecular weight is 386 g/mol. The minimum absolute atomic E-state index is 0.199. The number of benzene rings is 2. The molecule has 0 heterocycles. The lowest BCUT2D eigenvalue weighted by Gasteiger charge is -2.27. The molecule has 0 spiro atoms. The van der Waals surface area contributed by atoms with Crippen LogP contribution in [-0.2, 0) is 5.41 Å². The van der Waals surface area contributed by atoms with Gasteiger partial charge in [0.15, 0.2) is 0 Å². The molecule has 0 amide bonds. The molecule has 0 atom stereocenters. The van der Waals surface area contributed by atoms with Crippen molar-refractivity contribution >= 4 is 31.9 Å². The molecule has 0 aliphatic carbocycles. The molecule has 0 bridgehead atoms.